The number of fused-ring (bicyclic) bond motifs is 1. The molecule has 0 unspecified atom stereocenters. The van der Waals surface area contributed by atoms with Gasteiger partial charge in [-0.2, -0.15) is 0 Å². The summed E-state index contributed by atoms with van der Waals surface area (Å²) in [5.41, 5.74) is 2.17. The number of benzene rings is 2. The van der Waals surface area contributed by atoms with Gasteiger partial charge in [-0.15, -0.1) is 0 Å². The number of hydrogen-bond donors (Lipinski definition) is 1. The zero-order valence-corrected chi connectivity index (χ0v) is 15.6. The normalized spacial score (nSPS) is 15.0. The number of aromatic nitrogens is 1. The van der Waals surface area contributed by atoms with Gasteiger partial charge in [-0.25, -0.2) is 0 Å². The van der Waals surface area contributed by atoms with E-state index in [1.807, 2.05) is 53.2 Å². The molecule has 4 heteroatoms. The Labute approximate surface area is 160 Å². The van der Waals surface area contributed by atoms with E-state index in [0.717, 1.165) is 35.1 Å². The number of hydrogen-bond acceptors (Lipinski definition) is 2. The molecule has 1 heterocycles. The Hall–Kier alpha value is -2.75. The molecule has 1 saturated carbocycles. The van der Waals surface area contributed by atoms with Crippen molar-refractivity contribution in [2.45, 2.75) is 51.3 Å². The highest BCUT2D eigenvalue weighted by Gasteiger charge is 2.16. The molecule has 1 fully saturated rings. The van der Waals surface area contributed by atoms with Crippen LogP contribution in [0.15, 0.2) is 60.8 Å². The first-order valence-electron chi connectivity index (χ1n) is 9.83. The lowest BCUT2D eigenvalue weighted by atomic mass is 9.95. The van der Waals surface area contributed by atoms with Crippen molar-refractivity contribution in [2.24, 2.45) is 0 Å². The Bertz CT molecular complexity index is 895. The lowest BCUT2D eigenvalue weighted by Crippen LogP contribution is -2.38. The fraction of sp³-hybridized carbons (Fsp3) is 0.348. The summed E-state index contributed by atoms with van der Waals surface area (Å²) >= 11 is 0. The summed E-state index contributed by atoms with van der Waals surface area (Å²) < 4.78 is 8.03. The van der Waals surface area contributed by atoms with E-state index in [9.17, 15) is 4.79 Å². The van der Waals surface area contributed by atoms with E-state index in [0.29, 0.717) is 19.2 Å². The van der Waals surface area contributed by atoms with Crippen LogP contribution in [0.1, 0.15) is 37.7 Å². The highest BCUT2D eigenvalue weighted by molar-refractivity contribution is 5.88. The summed E-state index contributed by atoms with van der Waals surface area (Å²) in [6.45, 7) is 0.884. The number of ether oxygens (including phenoxy) is 1. The summed E-state index contributed by atoms with van der Waals surface area (Å²) in [5.74, 6) is 0.942. The largest absolute Gasteiger partial charge is 0.488 e. The van der Waals surface area contributed by atoms with E-state index in [4.69, 9.17) is 4.74 Å². The topological polar surface area (TPSA) is 43.3 Å². The van der Waals surface area contributed by atoms with Gasteiger partial charge in [0, 0.05) is 17.6 Å². The van der Waals surface area contributed by atoms with Gasteiger partial charge in [-0.05, 0) is 36.6 Å². The summed E-state index contributed by atoms with van der Waals surface area (Å²) in [6, 6.07) is 18.5. The van der Waals surface area contributed by atoms with Crippen molar-refractivity contribution < 1.29 is 9.53 Å². The summed E-state index contributed by atoms with van der Waals surface area (Å²) in [7, 11) is 0. The Morgan fingerprint density at radius 2 is 1.81 bits per heavy atom. The Morgan fingerprint density at radius 3 is 2.63 bits per heavy atom. The molecule has 4 nitrogen and oxygen atoms in total. The monoisotopic (exact) mass is 362 g/mol. The molecule has 3 aromatic rings. The molecule has 1 N–H and O–H groups in total. The smallest absolute Gasteiger partial charge is 0.240 e. The van der Waals surface area contributed by atoms with E-state index in [1.54, 1.807) is 0 Å². The van der Waals surface area contributed by atoms with E-state index in [1.165, 1.54) is 19.3 Å². The van der Waals surface area contributed by atoms with Gasteiger partial charge in [-0.1, -0.05) is 55.7 Å². The maximum Gasteiger partial charge on any atom is 0.240 e. The second-order valence-electron chi connectivity index (χ2n) is 7.31. The Balaban J connectivity index is 1.44. The maximum atomic E-state index is 12.5. The van der Waals surface area contributed by atoms with Crippen LogP contribution in [-0.2, 0) is 17.9 Å². The Morgan fingerprint density at radius 1 is 1.00 bits per heavy atom. The molecule has 0 atom stereocenters. The molecule has 0 radical (unpaired) electrons. The summed E-state index contributed by atoms with van der Waals surface area (Å²) in [4.78, 5) is 12.5. The number of amides is 1. The lowest BCUT2D eigenvalue weighted by Gasteiger charge is -2.22. The van der Waals surface area contributed by atoms with Crippen molar-refractivity contribution >= 4 is 16.8 Å². The molecule has 0 aliphatic heterocycles. The van der Waals surface area contributed by atoms with Gasteiger partial charge in [0.2, 0.25) is 5.91 Å². The minimum absolute atomic E-state index is 0.0926. The second-order valence-corrected chi connectivity index (χ2v) is 7.31. The van der Waals surface area contributed by atoms with Crippen LogP contribution < -0.4 is 10.1 Å². The number of rotatable bonds is 6. The van der Waals surface area contributed by atoms with Crippen molar-refractivity contribution in [3.63, 3.8) is 0 Å². The van der Waals surface area contributed by atoms with Crippen LogP contribution in [-0.4, -0.2) is 16.5 Å². The predicted octanol–water partition coefficient (Wildman–Crippen LogP) is 4.67. The molecular weight excluding hydrogens is 336 g/mol. The maximum absolute atomic E-state index is 12.5. The number of nitrogens with zero attached hydrogens (tertiary/aromatic N) is 1. The van der Waals surface area contributed by atoms with Crippen LogP contribution in [0.2, 0.25) is 0 Å². The van der Waals surface area contributed by atoms with Crippen molar-refractivity contribution in [1.29, 1.82) is 0 Å². The first-order chi connectivity index (χ1) is 13.3. The molecule has 2 aromatic carbocycles. The van der Waals surface area contributed by atoms with Gasteiger partial charge < -0.3 is 14.6 Å². The van der Waals surface area contributed by atoms with Gasteiger partial charge >= 0.3 is 0 Å². The van der Waals surface area contributed by atoms with E-state index >= 15 is 0 Å². The zero-order valence-electron chi connectivity index (χ0n) is 15.6. The highest BCUT2D eigenvalue weighted by Crippen LogP contribution is 2.27. The average molecular weight is 362 g/mol. The van der Waals surface area contributed by atoms with Crippen LogP contribution in [0, 0.1) is 0 Å². The van der Waals surface area contributed by atoms with Gasteiger partial charge in [0.15, 0.2) is 0 Å². The molecular formula is C23H26N2O2. The van der Waals surface area contributed by atoms with Crippen LogP contribution in [0.3, 0.4) is 0 Å². The van der Waals surface area contributed by atoms with Gasteiger partial charge in [0.1, 0.15) is 18.9 Å². The molecule has 140 valence electrons. The lowest BCUT2D eigenvalue weighted by molar-refractivity contribution is -0.122. The average Bonchev–Trinajstić information content (AvgIpc) is 3.11. The van der Waals surface area contributed by atoms with E-state index in [-0.39, 0.29) is 5.91 Å². The first kappa shape index (κ1) is 17.7. The van der Waals surface area contributed by atoms with Crippen molar-refractivity contribution in [1.82, 2.24) is 9.88 Å². The molecule has 1 aliphatic rings. The summed E-state index contributed by atoms with van der Waals surface area (Å²) in [6.07, 6.45) is 7.92. The minimum atomic E-state index is 0.0926. The van der Waals surface area contributed by atoms with E-state index in [2.05, 4.69) is 17.4 Å². The summed E-state index contributed by atoms with van der Waals surface area (Å²) in [5, 5.41) is 4.23. The van der Waals surface area contributed by atoms with Crippen molar-refractivity contribution in [2.75, 3.05) is 0 Å². The quantitative estimate of drug-likeness (QED) is 0.692. The van der Waals surface area contributed by atoms with Gasteiger partial charge in [0.05, 0.1) is 5.52 Å². The predicted molar refractivity (Wildman–Crippen MR) is 108 cm³/mol. The third-order valence-electron chi connectivity index (χ3n) is 5.30. The zero-order chi connectivity index (χ0) is 18.5. The van der Waals surface area contributed by atoms with Crippen LogP contribution >= 0.6 is 0 Å². The second kappa shape index (κ2) is 8.30. The Kier molecular flexibility index (Phi) is 5.42. The molecule has 1 amide bonds. The minimum Gasteiger partial charge on any atom is -0.488 e. The fourth-order valence-corrected chi connectivity index (χ4v) is 3.87. The van der Waals surface area contributed by atoms with Crippen molar-refractivity contribution in [3.05, 3.63) is 66.4 Å². The van der Waals surface area contributed by atoms with Crippen LogP contribution in [0.5, 0.6) is 5.75 Å². The fourth-order valence-electron chi connectivity index (χ4n) is 3.87. The number of carbonyl (C=O) groups excluding carboxylic acids is 1. The molecule has 1 aromatic heterocycles. The third-order valence-corrected chi connectivity index (χ3v) is 5.30. The molecule has 27 heavy (non-hydrogen) atoms. The highest BCUT2D eigenvalue weighted by atomic mass is 16.5. The van der Waals surface area contributed by atoms with E-state index < -0.39 is 0 Å². The van der Waals surface area contributed by atoms with Crippen LogP contribution in [0.4, 0.5) is 0 Å². The molecule has 0 bridgehead atoms. The SMILES string of the molecule is O=C(Cn1ccc2c(OCc3ccccc3)cccc21)NC1CCCCC1. The first-order valence-corrected chi connectivity index (χ1v) is 9.83. The van der Waals surface area contributed by atoms with Gasteiger partial charge in [0.25, 0.3) is 0 Å². The number of carbonyl (C=O) groups is 1. The standard InChI is InChI=1S/C23H26N2O2/c26-23(24-19-10-5-2-6-11-19)16-25-15-14-20-21(25)12-7-13-22(20)27-17-18-8-3-1-4-9-18/h1,3-4,7-9,12-15,19H,2,5-6,10-11,16-17H2,(H,24,26). The third kappa shape index (κ3) is 4.33. The van der Waals surface area contributed by atoms with Crippen molar-refractivity contribution in [3.8, 4) is 5.75 Å². The molecule has 4 rings (SSSR count). The molecule has 0 saturated heterocycles. The van der Waals surface area contributed by atoms with Crippen LogP contribution in [0.25, 0.3) is 10.9 Å². The van der Waals surface area contributed by atoms with Gasteiger partial charge in [-0.3, -0.25) is 4.79 Å². The molecule has 1 aliphatic carbocycles. The number of nitrogens with one attached hydrogen (secondary N) is 1. The molecule has 0 spiro atoms.